The third kappa shape index (κ3) is 4.14. The number of nitrogens with zero attached hydrogens (tertiary/aromatic N) is 3. The Labute approximate surface area is 181 Å². The first kappa shape index (κ1) is 20.7. The van der Waals surface area contributed by atoms with Crippen molar-refractivity contribution in [2.45, 2.75) is 11.4 Å². The fourth-order valence-electron chi connectivity index (χ4n) is 3.61. The molecule has 0 spiro atoms. The first-order valence-electron chi connectivity index (χ1n) is 9.70. The Morgan fingerprint density at radius 3 is 2.23 bits per heavy atom. The molecule has 156 valence electrons. The molecule has 1 saturated heterocycles. The second-order valence-electron chi connectivity index (χ2n) is 7.13. The molecule has 1 aliphatic rings. The van der Waals surface area contributed by atoms with Gasteiger partial charge in [-0.1, -0.05) is 54.1 Å². The van der Waals surface area contributed by atoms with Crippen LogP contribution in [0.5, 0.6) is 0 Å². The van der Waals surface area contributed by atoms with Crippen molar-refractivity contribution in [1.29, 1.82) is 0 Å². The van der Waals surface area contributed by atoms with Gasteiger partial charge in [-0.3, -0.25) is 4.79 Å². The van der Waals surface area contributed by atoms with Gasteiger partial charge in [0.25, 0.3) is 5.91 Å². The van der Waals surface area contributed by atoms with Crippen LogP contribution in [0.4, 0.5) is 0 Å². The number of piperazine rings is 1. The molecule has 0 atom stereocenters. The van der Waals surface area contributed by atoms with Crippen LogP contribution in [0.2, 0.25) is 5.02 Å². The molecule has 2 aromatic carbocycles. The normalized spacial score (nSPS) is 15.3. The van der Waals surface area contributed by atoms with Crippen LogP contribution in [0.25, 0.3) is 0 Å². The number of sulfonamides is 1. The van der Waals surface area contributed by atoms with Gasteiger partial charge in [0.2, 0.25) is 10.0 Å². The minimum absolute atomic E-state index is 0.0919. The smallest absolute Gasteiger partial charge is 0.270 e. The molecule has 1 amide bonds. The maximum absolute atomic E-state index is 13.1. The molecule has 1 aliphatic heterocycles. The minimum Gasteiger partial charge on any atom is -0.339 e. The van der Waals surface area contributed by atoms with E-state index in [2.05, 4.69) is 0 Å². The molecule has 3 aromatic rings. The van der Waals surface area contributed by atoms with Crippen LogP contribution in [-0.4, -0.2) is 54.3 Å². The predicted octanol–water partition coefficient (Wildman–Crippen LogP) is 3.34. The number of hydrogen-bond acceptors (Lipinski definition) is 3. The van der Waals surface area contributed by atoms with Crippen LogP contribution in [0, 0.1) is 0 Å². The second-order valence-corrected chi connectivity index (χ2v) is 9.45. The summed E-state index contributed by atoms with van der Waals surface area (Å²) in [7, 11) is -3.69. The zero-order valence-corrected chi connectivity index (χ0v) is 17.9. The topological polar surface area (TPSA) is 62.6 Å². The van der Waals surface area contributed by atoms with Gasteiger partial charge < -0.3 is 9.47 Å². The van der Waals surface area contributed by atoms with Gasteiger partial charge in [-0.2, -0.15) is 4.31 Å². The number of carbonyl (C=O) groups excluding carboxylic acids is 1. The van der Waals surface area contributed by atoms with E-state index in [1.165, 1.54) is 10.4 Å². The molecule has 0 radical (unpaired) electrons. The van der Waals surface area contributed by atoms with Crippen LogP contribution < -0.4 is 0 Å². The van der Waals surface area contributed by atoms with Gasteiger partial charge >= 0.3 is 0 Å². The molecule has 4 rings (SSSR count). The van der Waals surface area contributed by atoms with E-state index in [0.717, 1.165) is 5.56 Å². The molecule has 6 nitrogen and oxygen atoms in total. The largest absolute Gasteiger partial charge is 0.339 e. The summed E-state index contributed by atoms with van der Waals surface area (Å²) in [5.41, 5.74) is 1.71. The summed E-state index contributed by atoms with van der Waals surface area (Å²) < 4.78 is 29.1. The first-order chi connectivity index (χ1) is 14.5. The molecule has 0 bridgehead atoms. The van der Waals surface area contributed by atoms with E-state index >= 15 is 0 Å². The van der Waals surface area contributed by atoms with Crippen LogP contribution in [-0.2, 0) is 16.6 Å². The molecule has 2 heterocycles. The molecule has 30 heavy (non-hydrogen) atoms. The van der Waals surface area contributed by atoms with E-state index in [1.807, 2.05) is 47.2 Å². The number of carbonyl (C=O) groups is 1. The van der Waals surface area contributed by atoms with Crippen molar-refractivity contribution in [3.63, 3.8) is 0 Å². The van der Waals surface area contributed by atoms with Crippen molar-refractivity contribution in [1.82, 2.24) is 13.8 Å². The van der Waals surface area contributed by atoms with E-state index in [0.29, 0.717) is 25.3 Å². The molecule has 0 unspecified atom stereocenters. The lowest BCUT2D eigenvalue weighted by atomic mass is 10.2. The van der Waals surface area contributed by atoms with Gasteiger partial charge in [-0.15, -0.1) is 0 Å². The van der Waals surface area contributed by atoms with Crippen molar-refractivity contribution in [3.8, 4) is 0 Å². The fourth-order valence-corrected chi connectivity index (χ4v) is 5.53. The van der Waals surface area contributed by atoms with E-state index in [9.17, 15) is 13.2 Å². The summed E-state index contributed by atoms with van der Waals surface area (Å²) in [5, 5.41) is 0.203. The minimum atomic E-state index is -3.69. The summed E-state index contributed by atoms with van der Waals surface area (Å²) in [6.07, 6.45) is 1.89. The average molecular weight is 444 g/mol. The SMILES string of the molecule is O=C(c1cccn1Cc1ccccc1)N1CCN(S(=O)(=O)c2ccccc2Cl)CC1. The van der Waals surface area contributed by atoms with Gasteiger partial charge in [0, 0.05) is 38.9 Å². The highest BCUT2D eigenvalue weighted by atomic mass is 35.5. The van der Waals surface area contributed by atoms with E-state index < -0.39 is 10.0 Å². The fraction of sp³-hybridized carbons (Fsp3) is 0.227. The zero-order chi connectivity index (χ0) is 21.1. The summed E-state index contributed by atoms with van der Waals surface area (Å²) >= 11 is 6.09. The molecule has 0 N–H and O–H groups in total. The lowest BCUT2D eigenvalue weighted by Gasteiger charge is -2.34. The average Bonchev–Trinajstić information content (AvgIpc) is 3.22. The summed E-state index contributed by atoms with van der Waals surface area (Å²) in [6, 6.07) is 20.0. The summed E-state index contributed by atoms with van der Waals surface area (Å²) in [4.78, 5) is 14.9. The number of halogens is 1. The Morgan fingerprint density at radius 2 is 1.53 bits per heavy atom. The van der Waals surface area contributed by atoms with Gasteiger partial charge in [-0.05, 0) is 29.8 Å². The van der Waals surface area contributed by atoms with Gasteiger partial charge in [-0.25, -0.2) is 8.42 Å². The van der Waals surface area contributed by atoms with Crippen molar-refractivity contribution in [3.05, 3.63) is 89.2 Å². The standard InChI is InChI=1S/C22H22ClN3O3S/c23-19-9-4-5-11-21(19)30(28,29)26-15-13-24(14-16-26)22(27)20-10-6-12-25(20)17-18-7-2-1-3-8-18/h1-12H,13-17H2. The highest BCUT2D eigenvalue weighted by Gasteiger charge is 2.32. The Balaban J connectivity index is 1.45. The highest BCUT2D eigenvalue weighted by Crippen LogP contribution is 2.25. The number of hydrogen-bond donors (Lipinski definition) is 0. The zero-order valence-electron chi connectivity index (χ0n) is 16.3. The van der Waals surface area contributed by atoms with E-state index in [4.69, 9.17) is 11.6 Å². The predicted molar refractivity (Wildman–Crippen MR) is 116 cm³/mol. The van der Waals surface area contributed by atoms with E-state index in [1.54, 1.807) is 29.2 Å². The number of benzene rings is 2. The third-order valence-electron chi connectivity index (χ3n) is 5.22. The molecular weight excluding hydrogens is 422 g/mol. The van der Waals surface area contributed by atoms with Crippen LogP contribution in [0.15, 0.2) is 77.8 Å². The first-order valence-corrected chi connectivity index (χ1v) is 11.5. The Hall–Kier alpha value is -2.61. The van der Waals surface area contributed by atoms with Crippen molar-refractivity contribution in [2.24, 2.45) is 0 Å². The summed E-state index contributed by atoms with van der Waals surface area (Å²) in [5.74, 6) is -0.0919. The van der Waals surface area contributed by atoms with Crippen molar-refractivity contribution < 1.29 is 13.2 Å². The number of aromatic nitrogens is 1. The maximum atomic E-state index is 13.1. The molecular formula is C22H22ClN3O3S. The van der Waals surface area contributed by atoms with Crippen LogP contribution in [0.3, 0.4) is 0 Å². The third-order valence-corrected chi connectivity index (χ3v) is 7.62. The van der Waals surface area contributed by atoms with Crippen molar-refractivity contribution in [2.75, 3.05) is 26.2 Å². The van der Waals surface area contributed by atoms with Crippen LogP contribution in [0.1, 0.15) is 16.1 Å². The van der Waals surface area contributed by atoms with E-state index in [-0.39, 0.29) is 28.9 Å². The Kier molecular flexibility index (Phi) is 5.94. The lowest BCUT2D eigenvalue weighted by Crippen LogP contribution is -2.50. The van der Waals surface area contributed by atoms with Crippen LogP contribution >= 0.6 is 11.6 Å². The van der Waals surface area contributed by atoms with Gasteiger partial charge in [0.1, 0.15) is 10.6 Å². The number of rotatable bonds is 5. The molecule has 1 fully saturated rings. The lowest BCUT2D eigenvalue weighted by molar-refractivity contribution is 0.0687. The van der Waals surface area contributed by atoms with Crippen molar-refractivity contribution >= 4 is 27.5 Å². The van der Waals surface area contributed by atoms with Gasteiger partial charge in [0.05, 0.1) is 5.02 Å². The molecule has 0 aliphatic carbocycles. The highest BCUT2D eigenvalue weighted by molar-refractivity contribution is 7.89. The second kappa shape index (κ2) is 8.63. The molecule has 8 heteroatoms. The molecule has 0 saturated carbocycles. The monoisotopic (exact) mass is 443 g/mol. The summed E-state index contributed by atoms with van der Waals surface area (Å²) in [6.45, 7) is 1.74. The molecule has 1 aromatic heterocycles. The Morgan fingerprint density at radius 1 is 0.867 bits per heavy atom. The Bertz CT molecular complexity index is 1140. The maximum Gasteiger partial charge on any atom is 0.270 e. The number of amides is 1. The quantitative estimate of drug-likeness (QED) is 0.607. The van der Waals surface area contributed by atoms with Gasteiger partial charge in [0.15, 0.2) is 0 Å².